The van der Waals surface area contributed by atoms with E-state index < -0.39 is 0 Å². The number of hydrogen-bond donors (Lipinski definition) is 0. The van der Waals surface area contributed by atoms with E-state index in [9.17, 15) is 0 Å². The number of pyridine rings is 1. The van der Waals surface area contributed by atoms with Crippen LogP contribution in [0.4, 0.5) is 0 Å². The van der Waals surface area contributed by atoms with Gasteiger partial charge >= 0.3 is 0 Å². The van der Waals surface area contributed by atoms with Crippen LogP contribution in [0.3, 0.4) is 0 Å². The van der Waals surface area contributed by atoms with Gasteiger partial charge in [-0.05, 0) is 48.6 Å². The second-order valence-corrected chi connectivity index (χ2v) is 4.75. The molecular weight excluding hydrogens is 238 g/mol. The predicted octanol–water partition coefficient (Wildman–Crippen LogP) is 3.87. The molecule has 0 radical (unpaired) electrons. The number of nitrogens with zero attached hydrogens (tertiary/aromatic N) is 1. The molecule has 0 amide bonds. The molecule has 70 valence electrons. The predicted molar refractivity (Wildman–Crippen MR) is 61.4 cm³/mol. The molecule has 1 heterocycles. The van der Waals surface area contributed by atoms with Crippen LogP contribution in [0.25, 0.3) is 10.9 Å². The van der Waals surface area contributed by atoms with Crippen molar-refractivity contribution < 1.29 is 0 Å². The molecule has 1 aromatic carbocycles. The van der Waals surface area contributed by atoms with Crippen molar-refractivity contribution in [3.63, 3.8) is 0 Å². The molecule has 1 aromatic heterocycles. The van der Waals surface area contributed by atoms with E-state index in [1.165, 1.54) is 23.8 Å². The second-order valence-electron chi connectivity index (χ2n) is 3.84. The lowest BCUT2D eigenvalue weighted by atomic mass is 10.1. The molecule has 0 N–H and O–H groups in total. The SMILES string of the molecule is Brc1ccc2nccc(C3CC3)c2c1. The smallest absolute Gasteiger partial charge is 0.0705 e. The van der Waals surface area contributed by atoms with Gasteiger partial charge in [0, 0.05) is 16.1 Å². The first-order valence-corrected chi connectivity index (χ1v) is 5.68. The van der Waals surface area contributed by atoms with Gasteiger partial charge in [0.15, 0.2) is 0 Å². The van der Waals surface area contributed by atoms with Crippen LogP contribution in [0.5, 0.6) is 0 Å². The standard InChI is InChI=1S/C12H10BrN/c13-9-3-4-12-11(7-9)10(5-6-14-12)8-1-2-8/h3-8H,1-2H2. The summed E-state index contributed by atoms with van der Waals surface area (Å²) in [5.41, 5.74) is 2.58. The Balaban J connectivity index is 2.32. The zero-order chi connectivity index (χ0) is 9.54. The summed E-state index contributed by atoms with van der Waals surface area (Å²) in [6.45, 7) is 0. The summed E-state index contributed by atoms with van der Waals surface area (Å²) in [6.07, 6.45) is 4.60. The van der Waals surface area contributed by atoms with Crippen LogP contribution in [-0.4, -0.2) is 4.98 Å². The Hall–Kier alpha value is -0.890. The monoisotopic (exact) mass is 247 g/mol. The molecule has 1 aliphatic carbocycles. The molecule has 3 rings (SSSR count). The number of aromatic nitrogens is 1. The van der Waals surface area contributed by atoms with Crippen LogP contribution in [-0.2, 0) is 0 Å². The van der Waals surface area contributed by atoms with E-state index in [4.69, 9.17) is 0 Å². The van der Waals surface area contributed by atoms with E-state index in [2.05, 4.69) is 39.1 Å². The molecule has 0 saturated heterocycles. The first-order chi connectivity index (χ1) is 6.84. The molecule has 0 unspecified atom stereocenters. The summed E-state index contributed by atoms with van der Waals surface area (Å²) in [5, 5.41) is 1.31. The Bertz CT molecular complexity index is 489. The highest BCUT2D eigenvalue weighted by Crippen LogP contribution is 2.42. The largest absolute Gasteiger partial charge is 0.256 e. The van der Waals surface area contributed by atoms with Gasteiger partial charge in [0.25, 0.3) is 0 Å². The van der Waals surface area contributed by atoms with Crippen LogP contribution in [0.2, 0.25) is 0 Å². The van der Waals surface area contributed by atoms with Crippen molar-refractivity contribution in [2.75, 3.05) is 0 Å². The lowest BCUT2D eigenvalue weighted by Gasteiger charge is -2.04. The van der Waals surface area contributed by atoms with E-state index in [1.807, 2.05) is 12.3 Å². The highest BCUT2D eigenvalue weighted by atomic mass is 79.9. The van der Waals surface area contributed by atoms with E-state index in [-0.39, 0.29) is 0 Å². The van der Waals surface area contributed by atoms with Crippen LogP contribution in [0, 0.1) is 0 Å². The number of halogens is 1. The lowest BCUT2D eigenvalue weighted by Crippen LogP contribution is -1.85. The van der Waals surface area contributed by atoms with Crippen LogP contribution in [0.15, 0.2) is 34.9 Å². The number of benzene rings is 1. The van der Waals surface area contributed by atoms with Gasteiger partial charge < -0.3 is 0 Å². The van der Waals surface area contributed by atoms with Gasteiger partial charge in [0.2, 0.25) is 0 Å². The fourth-order valence-electron chi connectivity index (χ4n) is 1.89. The molecule has 0 spiro atoms. The number of rotatable bonds is 1. The minimum absolute atomic E-state index is 0.787. The van der Waals surface area contributed by atoms with E-state index in [0.717, 1.165) is 15.9 Å². The molecule has 0 aliphatic heterocycles. The highest BCUT2D eigenvalue weighted by molar-refractivity contribution is 9.10. The molecular formula is C12H10BrN. The van der Waals surface area contributed by atoms with Crippen LogP contribution < -0.4 is 0 Å². The van der Waals surface area contributed by atoms with Gasteiger partial charge in [-0.25, -0.2) is 0 Å². The molecule has 2 heteroatoms. The molecule has 0 atom stereocenters. The van der Waals surface area contributed by atoms with Gasteiger partial charge in [-0.2, -0.15) is 0 Å². The maximum atomic E-state index is 4.37. The van der Waals surface area contributed by atoms with Crippen molar-refractivity contribution in [1.82, 2.24) is 4.98 Å². The maximum absolute atomic E-state index is 4.37. The van der Waals surface area contributed by atoms with Gasteiger partial charge in [-0.1, -0.05) is 15.9 Å². The summed E-state index contributed by atoms with van der Waals surface area (Å²) in [6, 6.07) is 8.46. The summed E-state index contributed by atoms with van der Waals surface area (Å²) >= 11 is 3.51. The molecule has 1 aliphatic rings. The average Bonchev–Trinajstić information content (AvgIpc) is 3.00. The molecule has 14 heavy (non-hydrogen) atoms. The molecule has 0 bridgehead atoms. The summed E-state index contributed by atoms with van der Waals surface area (Å²) in [4.78, 5) is 4.37. The van der Waals surface area contributed by atoms with Crippen molar-refractivity contribution in [1.29, 1.82) is 0 Å². The molecule has 1 saturated carbocycles. The van der Waals surface area contributed by atoms with Gasteiger partial charge in [-0.3, -0.25) is 4.98 Å². The quantitative estimate of drug-likeness (QED) is 0.746. The molecule has 1 nitrogen and oxygen atoms in total. The average molecular weight is 248 g/mol. The minimum Gasteiger partial charge on any atom is -0.256 e. The van der Waals surface area contributed by atoms with Crippen LogP contribution >= 0.6 is 15.9 Å². The first kappa shape index (κ1) is 8.42. The van der Waals surface area contributed by atoms with Gasteiger partial charge in [0.05, 0.1) is 5.52 Å². The normalized spacial score (nSPS) is 16.1. The third kappa shape index (κ3) is 1.34. The Morgan fingerprint density at radius 2 is 2.07 bits per heavy atom. The Morgan fingerprint density at radius 1 is 1.21 bits per heavy atom. The Labute approximate surface area is 91.3 Å². The molecule has 1 fully saturated rings. The van der Waals surface area contributed by atoms with Crippen LogP contribution in [0.1, 0.15) is 24.3 Å². The van der Waals surface area contributed by atoms with Gasteiger partial charge in [0.1, 0.15) is 0 Å². The summed E-state index contributed by atoms with van der Waals surface area (Å²) in [7, 11) is 0. The maximum Gasteiger partial charge on any atom is 0.0705 e. The fraction of sp³-hybridized carbons (Fsp3) is 0.250. The van der Waals surface area contributed by atoms with Crippen molar-refractivity contribution in [3.8, 4) is 0 Å². The zero-order valence-electron chi connectivity index (χ0n) is 7.70. The topological polar surface area (TPSA) is 12.9 Å². The second kappa shape index (κ2) is 3.06. The summed E-state index contributed by atoms with van der Waals surface area (Å²) < 4.78 is 1.14. The van der Waals surface area contributed by atoms with Crippen molar-refractivity contribution in [3.05, 3.63) is 40.5 Å². The zero-order valence-corrected chi connectivity index (χ0v) is 9.29. The van der Waals surface area contributed by atoms with Crippen molar-refractivity contribution in [2.45, 2.75) is 18.8 Å². The van der Waals surface area contributed by atoms with E-state index >= 15 is 0 Å². The fourth-order valence-corrected chi connectivity index (χ4v) is 2.25. The minimum atomic E-state index is 0.787. The third-order valence-corrected chi connectivity index (χ3v) is 3.25. The molecule has 2 aromatic rings. The summed E-state index contributed by atoms with van der Waals surface area (Å²) in [5.74, 6) is 0.787. The van der Waals surface area contributed by atoms with Gasteiger partial charge in [-0.15, -0.1) is 0 Å². The van der Waals surface area contributed by atoms with Crippen molar-refractivity contribution in [2.24, 2.45) is 0 Å². The van der Waals surface area contributed by atoms with E-state index in [0.29, 0.717) is 0 Å². The number of hydrogen-bond acceptors (Lipinski definition) is 1. The Kier molecular flexibility index (Phi) is 1.84. The van der Waals surface area contributed by atoms with E-state index in [1.54, 1.807) is 0 Å². The third-order valence-electron chi connectivity index (χ3n) is 2.75. The number of fused-ring (bicyclic) bond motifs is 1. The lowest BCUT2D eigenvalue weighted by molar-refractivity contribution is 1.14. The first-order valence-electron chi connectivity index (χ1n) is 4.89. The Morgan fingerprint density at radius 3 is 2.86 bits per heavy atom. The highest BCUT2D eigenvalue weighted by Gasteiger charge is 2.25. The van der Waals surface area contributed by atoms with Crippen molar-refractivity contribution >= 4 is 26.8 Å².